The van der Waals surface area contributed by atoms with Gasteiger partial charge in [-0.3, -0.25) is 4.79 Å². The fraction of sp³-hybridized carbons (Fsp3) is 0.462. The van der Waals surface area contributed by atoms with E-state index in [1.165, 1.54) is 0 Å². The second-order valence-electron chi connectivity index (χ2n) is 4.44. The molecule has 2 rings (SSSR count). The number of nitrogens with zero attached hydrogens (tertiary/aromatic N) is 1. The smallest absolute Gasteiger partial charge is 0.227 e. The van der Waals surface area contributed by atoms with E-state index >= 15 is 0 Å². The zero-order valence-corrected chi connectivity index (χ0v) is 9.80. The van der Waals surface area contributed by atoms with Gasteiger partial charge in [-0.2, -0.15) is 0 Å². The number of benzene rings is 1. The third-order valence-electron chi connectivity index (χ3n) is 3.31. The van der Waals surface area contributed by atoms with Crippen LogP contribution in [0.1, 0.15) is 18.4 Å². The van der Waals surface area contributed by atoms with Crippen LogP contribution >= 0.6 is 0 Å². The van der Waals surface area contributed by atoms with Gasteiger partial charge in [-0.1, -0.05) is 18.2 Å². The molecule has 1 aromatic rings. The Labute approximate surface area is 101 Å². The summed E-state index contributed by atoms with van der Waals surface area (Å²) in [6.07, 6.45) is 2.19. The first-order chi connectivity index (χ1) is 8.22. The second kappa shape index (κ2) is 5.19. The summed E-state index contributed by atoms with van der Waals surface area (Å²) < 4.78 is 0. The normalized spacial score (nSPS) is 19.6. The topological polar surface area (TPSA) is 66.6 Å². The minimum Gasteiger partial charge on any atom is -0.398 e. The molecule has 0 bridgehead atoms. The van der Waals surface area contributed by atoms with Gasteiger partial charge in [-0.05, 0) is 24.5 Å². The molecule has 92 valence electrons. The molecule has 1 aliphatic rings. The molecule has 0 unspecified atom stereocenters. The number of amides is 1. The van der Waals surface area contributed by atoms with Crippen molar-refractivity contribution < 1.29 is 9.90 Å². The van der Waals surface area contributed by atoms with E-state index in [4.69, 9.17) is 5.73 Å². The molecule has 0 aliphatic carbocycles. The van der Waals surface area contributed by atoms with Crippen molar-refractivity contribution in [2.75, 3.05) is 18.9 Å². The summed E-state index contributed by atoms with van der Waals surface area (Å²) in [7, 11) is 0. The summed E-state index contributed by atoms with van der Waals surface area (Å²) in [5.74, 6) is 0.0550. The molecule has 4 heteroatoms. The molecule has 0 radical (unpaired) electrons. The van der Waals surface area contributed by atoms with Crippen molar-refractivity contribution in [3.63, 3.8) is 0 Å². The van der Waals surface area contributed by atoms with E-state index < -0.39 is 0 Å². The summed E-state index contributed by atoms with van der Waals surface area (Å²) in [4.78, 5) is 13.9. The molecule has 0 spiro atoms. The van der Waals surface area contributed by atoms with Gasteiger partial charge in [0.2, 0.25) is 5.91 Å². The van der Waals surface area contributed by atoms with E-state index in [9.17, 15) is 9.90 Å². The molecule has 17 heavy (non-hydrogen) atoms. The van der Waals surface area contributed by atoms with Crippen LogP contribution in [0.3, 0.4) is 0 Å². The summed E-state index contributed by atoms with van der Waals surface area (Å²) in [5, 5.41) is 9.19. The van der Waals surface area contributed by atoms with Gasteiger partial charge in [-0.15, -0.1) is 0 Å². The van der Waals surface area contributed by atoms with Crippen LogP contribution in [0.2, 0.25) is 0 Å². The van der Waals surface area contributed by atoms with E-state index in [-0.39, 0.29) is 18.6 Å². The Hall–Kier alpha value is -1.55. The maximum absolute atomic E-state index is 12.1. The quantitative estimate of drug-likeness (QED) is 0.760. The molecule has 1 heterocycles. The van der Waals surface area contributed by atoms with Crippen LogP contribution in [-0.2, 0) is 11.2 Å². The maximum Gasteiger partial charge on any atom is 0.227 e. The van der Waals surface area contributed by atoms with Crippen molar-refractivity contribution in [2.45, 2.75) is 25.3 Å². The number of aliphatic hydroxyl groups is 1. The SMILES string of the molecule is Nc1ccccc1CC(=O)N1CCC[C@H]1CO. The van der Waals surface area contributed by atoms with Crippen LogP contribution in [0.25, 0.3) is 0 Å². The zero-order chi connectivity index (χ0) is 12.3. The largest absolute Gasteiger partial charge is 0.398 e. The van der Waals surface area contributed by atoms with Gasteiger partial charge in [0.25, 0.3) is 0 Å². The van der Waals surface area contributed by atoms with E-state index in [2.05, 4.69) is 0 Å². The van der Waals surface area contributed by atoms with E-state index in [1.54, 1.807) is 11.0 Å². The van der Waals surface area contributed by atoms with Crippen molar-refractivity contribution >= 4 is 11.6 Å². The maximum atomic E-state index is 12.1. The standard InChI is InChI=1S/C13H18N2O2/c14-12-6-2-1-4-10(12)8-13(17)15-7-3-5-11(15)9-16/h1-2,4,6,11,16H,3,5,7-9,14H2/t11-/m0/s1. The molecule has 0 aromatic heterocycles. The number of carbonyl (C=O) groups is 1. The molecule has 1 aliphatic heterocycles. The second-order valence-corrected chi connectivity index (χ2v) is 4.44. The number of hydrogen-bond acceptors (Lipinski definition) is 3. The first-order valence-corrected chi connectivity index (χ1v) is 5.96. The van der Waals surface area contributed by atoms with Gasteiger partial charge in [-0.25, -0.2) is 0 Å². The third kappa shape index (κ3) is 2.58. The van der Waals surface area contributed by atoms with E-state index in [0.717, 1.165) is 24.9 Å². The van der Waals surface area contributed by atoms with Crippen LogP contribution in [0.4, 0.5) is 5.69 Å². The van der Waals surface area contributed by atoms with E-state index in [0.29, 0.717) is 12.1 Å². The van der Waals surface area contributed by atoms with Gasteiger partial charge in [0, 0.05) is 12.2 Å². The number of anilines is 1. The van der Waals surface area contributed by atoms with Gasteiger partial charge >= 0.3 is 0 Å². The lowest BCUT2D eigenvalue weighted by molar-refractivity contribution is -0.131. The van der Waals surface area contributed by atoms with Gasteiger partial charge in [0.05, 0.1) is 19.1 Å². The highest BCUT2D eigenvalue weighted by atomic mass is 16.3. The molecule has 4 nitrogen and oxygen atoms in total. The number of aliphatic hydroxyl groups excluding tert-OH is 1. The Morgan fingerprint density at radius 1 is 1.47 bits per heavy atom. The van der Waals surface area contributed by atoms with Crippen molar-refractivity contribution in [3.8, 4) is 0 Å². The van der Waals surface area contributed by atoms with Crippen molar-refractivity contribution in [1.29, 1.82) is 0 Å². The molecular weight excluding hydrogens is 216 g/mol. The van der Waals surface area contributed by atoms with Crippen molar-refractivity contribution in [2.24, 2.45) is 0 Å². The predicted octanol–water partition coefficient (Wildman–Crippen LogP) is 0.795. The number of hydrogen-bond donors (Lipinski definition) is 2. The Morgan fingerprint density at radius 2 is 2.24 bits per heavy atom. The number of rotatable bonds is 3. The summed E-state index contributed by atoms with van der Waals surface area (Å²) in [6, 6.07) is 7.41. The molecule has 0 saturated carbocycles. The van der Waals surface area contributed by atoms with Gasteiger partial charge in [0.1, 0.15) is 0 Å². The predicted molar refractivity (Wildman–Crippen MR) is 66.4 cm³/mol. The Kier molecular flexibility index (Phi) is 3.64. The number of para-hydroxylation sites is 1. The number of likely N-dealkylation sites (tertiary alicyclic amines) is 1. The summed E-state index contributed by atoms with van der Waals surface area (Å²) in [6.45, 7) is 0.798. The highest BCUT2D eigenvalue weighted by Crippen LogP contribution is 2.19. The number of nitrogens with two attached hydrogens (primary N) is 1. The lowest BCUT2D eigenvalue weighted by Crippen LogP contribution is -2.38. The molecule has 1 amide bonds. The third-order valence-corrected chi connectivity index (χ3v) is 3.31. The molecular formula is C13H18N2O2. The number of carbonyl (C=O) groups excluding carboxylic acids is 1. The Balaban J connectivity index is 2.04. The molecule has 1 atom stereocenters. The minimum absolute atomic E-state index is 0.00700. The minimum atomic E-state index is -0.00700. The van der Waals surface area contributed by atoms with Crippen molar-refractivity contribution in [3.05, 3.63) is 29.8 Å². The van der Waals surface area contributed by atoms with Crippen LogP contribution < -0.4 is 5.73 Å². The van der Waals surface area contributed by atoms with Gasteiger partial charge in [0.15, 0.2) is 0 Å². The average molecular weight is 234 g/mol. The van der Waals surface area contributed by atoms with Crippen LogP contribution in [0.5, 0.6) is 0 Å². The Bertz CT molecular complexity index is 406. The van der Waals surface area contributed by atoms with Crippen LogP contribution in [0.15, 0.2) is 24.3 Å². The molecule has 1 saturated heterocycles. The first kappa shape index (κ1) is 11.9. The molecule has 1 aromatic carbocycles. The first-order valence-electron chi connectivity index (χ1n) is 5.96. The average Bonchev–Trinajstić information content (AvgIpc) is 2.80. The summed E-state index contributed by atoms with van der Waals surface area (Å²) in [5.41, 5.74) is 7.33. The fourth-order valence-electron chi connectivity index (χ4n) is 2.31. The Morgan fingerprint density at radius 3 is 2.94 bits per heavy atom. The van der Waals surface area contributed by atoms with Gasteiger partial charge < -0.3 is 15.7 Å². The zero-order valence-electron chi connectivity index (χ0n) is 9.80. The van der Waals surface area contributed by atoms with Crippen molar-refractivity contribution in [1.82, 2.24) is 4.90 Å². The highest BCUT2D eigenvalue weighted by Gasteiger charge is 2.27. The monoisotopic (exact) mass is 234 g/mol. The lowest BCUT2D eigenvalue weighted by Gasteiger charge is -2.23. The molecule has 1 fully saturated rings. The van der Waals surface area contributed by atoms with Crippen LogP contribution in [0, 0.1) is 0 Å². The van der Waals surface area contributed by atoms with Crippen LogP contribution in [-0.4, -0.2) is 35.1 Å². The highest BCUT2D eigenvalue weighted by molar-refractivity contribution is 5.81. The van der Waals surface area contributed by atoms with E-state index in [1.807, 2.05) is 18.2 Å². The number of nitrogen functional groups attached to an aromatic ring is 1. The summed E-state index contributed by atoms with van der Waals surface area (Å²) >= 11 is 0. The fourth-order valence-corrected chi connectivity index (χ4v) is 2.31. The molecule has 3 N–H and O–H groups in total. The lowest BCUT2D eigenvalue weighted by atomic mass is 10.1.